The lowest BCUT2D eigenvalue weighted by atomic mass is 10.1. The van der Waals surface area contributed by atoms with Crippen molar-refractivity contribution in [3.05, 3.63) is 65.9 Å². The third-order valence-corrected chi connectivity index (χ3v) is 7.38. The Hall–Kier alpha value is -3.18. The maximum Gasteiger partial charge on any atom is 0.257 e. The van der Waals surface area contributed by atoms with Crippen molar-refractivity contribution >= 4 is 38.5 Å². The number of thioether (sulfide) groups is 1. The Morgan fingerprint density at radius 2 is 2.06 bits per heavy atom. The van der Waals surface area contributed by atoms with E-state index >= 15 is 0 Å². The predicted molar refractivity (Wildman–Crippen MR) is 118 cm³/mol. The van der Waals surface area contributed by atoms with Crippen LogP contribution >= 0.6 is 11.8 Å². The van der Waals surface area contributed by atoms with Gasteiger partial charge >= 0.3 is 0 Å². The van der Waals surface area contributed by atoms with Crippen LogP contribution in [0.5, 0.6) is 0 Å². The summed E-state index contributed by atoms with van der Waals surface area (Å²) in [6.07, 6.45) is 5.25. The molecule has 4 heterocycles. The number of amidine groups is 1. The fourth-order valence-corrected chi connectivity index (χ4v) is 5.77. The van der Waals surface area contributed by atoms with E-state index in [2.05, 4.69) is 19.7 Å². The number of hydrogen-bond donors (Lipinski definition) is 1. The summed E-state index contributed by atoms with van der Waals surface area (Å²) in [5.74, 6) is 1.35. The van der Waals surface area contributed by atoms with E-state index in [-0.39, 0.29) is 11.7 Å². The highest BCUT2D eigenvalue weighted by atomic mass is 32.2. The number of pyridine rings is 1. The van der Waals surface area contributed by atoms with Crippen LogP contribution in [0.3, 0.4) is 0 Å². The SMILES string of the molecule is Cc1nccn1-c1cc(CNC(=O)c2ccc3c(c2)SC2=NS(=O)(=O)CCN23)ccn1. The molecule has 1 N–H and O–H groups in total. The minimum Gasteiger partial charge on any atom is -0.348 e. The molecular weight excluding hydrogens is 436 g/mol. The fourth-order valence-electron chi connectivity index (χ4n) is 3.48. The fraction of sp³-hybridized carbons (Fsp3) is 0.200. The van der Waals surface area contributed by atoms with Crippen molar-refractivity contribution in [2.45, 2.75) is 18.4 Å². The number of nitrogens with zero attached hydrogens (tertiary/aromatic N) is 5. The molecular formula is C20H18N6O3S2. The molecule has 2 aliphatic rings. The van der Waals surface area contributed by atoms with Crippen molar-refractivity contribution in [2.75, 3.05) is 17.2 Å². The quantitative estimate of drug-likeness (QED) is 0.643. The molecule has 5 rings (SSSR count). The smallest absolute Gasteiger partial charge is 0.257 e. The molecule has 0 saturated heterocycles. The Labute approximate surface area is 183 Å². The number of imidazole rings is 1. The first-order valence-electron chi connectivity index (χ1n) is 9.55. The minimum absolute atomic E-state index is 0.00867. The summed E-state index contributed by atoms with van der Waals surface area (Å²) in [6, 6.07) is 9.11. The molecule has 1 amide bonds. The summed E-state index contributed by atoms with van der Waals surface area (Å²) in [7, 11) is -3.41. The van der Waals surface area contributed by atoms with Gasteiger partial charge in [-0.1, -0.05) is 0 Å². The van der Waals surface area contributed by atoms with E-state index in [9.17, 15) is 13.2 Å². The molecule has 2 aromatic heterocycles. The highest BCUT2D eigenvalue weighted by molar-refractivity contribution is 8.15. The molecule has 0 aliphatic carbocycles. The third-order valence-electron chi connectivity index (χ3n) is 5.07. The molecule has 0 bridgehead atoms. The van der Waals surface area contributed by atoms with Crippen molar-refractivity contribution in [1.82, 2.24) is 19.9 Å². The normalized spacial score (nSPS) is 16.4. The van der Waals surface area contributed by atoms with Gasteiger partial charge < -0.3 is 10.2 Å². The zero-order valence-corrected chi connectivity index (χ0v) is 18.2. The van der Waals surface area contributed by atoms with Gasteiger partial charge in [-0.05, 0) is 54.6 Å². The van der Waals surface area contributed by atoms with Gasteiger partial charge in [0.15, 0.2) is 5.17 Å². The Bertz CT molecular complexity index is 1330. The Morgan fingerprint density at radius 1 is 1.19 bits per heavy atom. The number of nitrogens with one attached hydrogen (secondary N) is 1. The van der Waals surface area contributed by atoms with Crippen LogP contribution in [0, 0.1) is 6.92 Å². The van der Waals surface area contributed by atoms with Gasteiger partial charge in [0.2, 0.25) is 0 Å². The number of amides is 1. The lowest BCUT2D eigenvalue weighted by Gasteiger charge is -2.22. The number of sulfonamides is 1. The first-order chi connectivity index (χ1) is 14.9. The van der Waals surface area contributed by atoms with Gasteiger partial charge in [-0.25, -0.2) is 18.4 Å². The second kappa shape index (κ2) is 7.50. The maximum absolute atomic E-state index is 12.7. The molecule has 0 spiro atoms. The van der Waals surface area contributed by atoms with Gasteiger partial charge in [0.25, 0.3) is 15.9 Å². The summed E-state index contributed by atoms with van der Waals surface area (Å²) in [5.41, 5.74) is 2.30. The second-order valence-corrected chi connectivity index (χ2v) is 9.91. The predicted octanol–water partition coefficient (Wildman–Crippen LogP) is 2.12. The summed E-state index contributed by atoms with van der Waals surface area (Å²) < 4.78 is 29.2. The lowest BCUT2D eigenvalue weighted by Crippen LogP contribution is -2.35. The molecule has 0 saturated carbocycles. The Kier molecular flexibility index (Phi) is 4.78. The van der Waals surface area contributed by atoms with E-state index in [1.807, 2.05) is 40.8 Å². The highest BCUT2D eigenvalue weighted by Crippen LogP contribution is 2.42. The molecule has 1 aromatic carbocycles. The van der Waals surface area contributed by atoms with Crippen LogP contribution in [-0.2, 0) is 16.6 Å². The second-order valence-electron chi connectivity index (χ2n) is 7.15. The summed E-state index contributed by atoms with van der Waals surface area (Å²) in [6.45, 7) is 2.62. The number of aryl methyl sites for hydroxylation is 1. The largest absolute Gasteiger partial charge is 0.348 e. The van der Waals surface area contributed by atoms with Crippen molar-refractivity contribution < 1.29 is 13.2 Å². The number of carbonyl (C=O) groups excluding carboxylic acids is 1. The van der Waals surface area contributed by atoms with E-state index in [1.165, 1.54) is 11.8 Å². The zero-order chi connectivity index (χ0) is 21.6. The van der Waals surface area contributed by atoms with E-state index in [4.69, 9.17) is 0 Å². The first-order valence-corrected chi connectivity index (χ1v) is 12.0. The highest BCUT2D eigenvalue weighted by Gasteiger charge is 2.33. The van der Waals surface area contributed by atoms with Crippen molar-refractivity contribution in [3.8, 4) is 5.82 Å². The average Bonchev–Trinajstić information content (AvgIpc) is 3.33. The van der Waals surface area contributed by atoms with E-state index in [0.29, 0.717) is 23.8 Å². The lowest BCUT2D eigenvalue weighted by molar-refractivity contribution is 0.0950. The molecule has 11 heteroatoms. The summed E-state index contributed by atoms with van der Waals surface area (Å²) in [5, 5.41) is 3.37. The topological polar surface area (TPSA) is 110 Å². The van der Waals surface area contributed by atoms with Crippen molar-refractivity contribution in [1.29, 1.82) is 0 Å². The van der Waals surface area contributed by atoms with Crippen LogP contribution < -0.4 is 10.2 Å². The third kappa shape index (κ3) is 3.81. The molecule has 158 valence electrons. The van der Waals surface area contributed by atoms with Gasteiger partial charge in [0.05, 0.1) is 11.4 Å². The van der Waals surface area contributed by atoms with Gasteiger partial charge in [0, 0.05) is 42.1 Å². The minimum atomic E-state index is -3.41. The Morgan fingerprint density at radius 3 is 2.87 bits per heavy atom. The van der Waals surface area contributed by atoms with Crippen molar-refractivity contribution in [3.63, 3.8) is 0 Å². The number of rotatable bonds is 4. The van der Waals surface area contributed by atoms with E-state index in [0.717, 1.165) is 27.8 Å². The van der Waals surface area contributed by atoms with Crippen LogP contribution in [-0.4, -0.2) is 46.3 Å². The van der Waals surface area contributed by atoms with Crippen LogP contribution in [0.25, 0.3) is 5.82 Å². The maximum atomic E-state index is 12.7. The molecule has 0 radical (unpaired) electrons. The van der Waals surface area contributed by atoms with Crippen LogP contribution in [0.1, 0.15) is 21.7 Å². The summed E-state index contributed by atoms with van der Waals surface area (Å²) in [4.78, 5) is 24.0. The first kappa shape index (κ1) is 19.8. The number of aromatic nitrogens is 3. The van der Waals surface area contributed by atoms with Crippen LogP contribution in [0.4, 0.5) is 5.69 Å². The monoisotopic (exact) mass is 454 g/mol. The number of hydrogen-bond acceptors (Lipinski definition) is 7. The van der Waals surface area contributed by atoms with Crippen LogP contribution in [0.2, 0.25) is 0 Å². The molecule has 31 heavy (non-hydrogen) atoms. The molecule has 0 atom stereocenters. The average molecular weight is 455 g/mol. The molecule has 3 aromatic rings. The number of benzene rings is 1. The standard InChI is InChI=1S/C20H18N6O3S2/c1-13-21-6-7-25(13)18-10-14(4-5-22-18)12-23-19(27)15-2-3-16-17(11-15)30-20-24-31(28,29)9-8-26(16)20/h2-7,10-11H,8-9,12H2,1H3,(H,23,27). The number of carbonyl (C=O) groups is 1. The Balaban J connectivity index is 1.30. The number of anilines is 1. The zero-order valence-electron chi connectivity index (χ0n) is 16.5. The van der Waals surface area contributed by atoms with Gasteiger partial charge in [-0.2, -0.15) is 0 Å². The van der Waals surface area contributed by atoms with E-state index in [1.54, 1.807) is 24.5 Å². The van der Waals surface area contributed by atoms with E-state index < -0.39 is 10.0 Å². The molecule has 0 unspecified atom stereocenters. The summed E-state index contributed by atoms with van der Waals surface area (Å²) >= 11 is 1.27. The van der Waals surface area contributed by atoms with Gasteiger partial charge in [0.1, 0.15) is 11.6 Å². The number of fused-ring (bicyclic) bond motifs is 3. The van der Waals surface area contributed by atoms with Gasteiger partial charge in [-0.15, -0.1) is 4.40 Å². The molecule has 0 fully saturated rings. The van der Waals surface area contributed by atoms with Crippen LogP contribution in [0.15, 0.2) is 58.2 Å². The molecule has 2 aliphatic heterocycles. The van der Waals surface area contributed by atoms with Gasteiger partial charge in [-0.3, -0.25) is 9.36 Å². The van der Waals surface area contributed by atoms with Crippen molar-refractivity contribution in [2.24, 2.45) is 4.40 Å². The molecule has 9 nitrogen and oxygen atoms in total.